The summed E-state index contributed by atoms with van der Waals surface area (Å²) in [5.74, 6) is -0.894. The molecule has 4 aliphatic carbocycles. The summed E-state index contributed by atoms with van der Waals surface area (Å²) in [6.45, 7) is 9.21. The van der Waals surface area contributed by atoms with Crippen LogP contribution in [-0.4, -0.2) is 119 Å². The standard InChI is InChI=1S/C35H52O12/c1-14-27(38)23(13-36)46-33(28(14)39)47-31-16(3)43-24(12-22(31)42-6)45-21-9-10-34(4)18(29(21)40)8-7-17-25-20(37)11-19-15(2)44-32(35(19,25)5)30(41)26(17)34/h8,14-17,19,21-29,31-33,36,38-40H,7,9-13H2,1-6H3. The summed E-state index contributed by atoms with van der Waals surface area (Å²) in [5, 5.41) is 42.5. The van der Waals surface area contributed by atoms with Gasteiger partial charge < -0.3 is 48.8 Å². The zero-order valence-corrected chi connectivity index (χ0v) is 28.2. The van der Waals surface area contributed by atoms with Crippen LogP contribution in [0, 0.1) is 40.4 Å². The van der Waals surface area contributed by atoms with E-state index in [1.807, 2.05) is 13.8 Å². The fourth-order valence-electron chi connectivity index (χ4n) is 11.0. The van der Waals surface area contributed by atoms with Gasteiger partial charge in [0, 0.05) is 54.5 Å². The van der Waals surface area contributed by atoms with Crippen molar-refractivity contribution in [2.75, 3.05) is 13.7 Å². The summed E-state index contributed by atoms with van der Waals surface area (Å²) in [5.41, 5.74) is -0.280. The molecule has 12 nitrogen and oxygen atoms in total. The first kappa shape index (κ1) is 34.1. The van der Waals surface area contributed by atoms with Crippen LogP contribution in [0.25, 0.3) is 0 Å². The molecule has 6 fully saturated rings. The fraction of sp³-hybridized carbons (Fsp3) is 0.886. The third kappa shape index (κ3) is 4.99. The molecule has 3 saturated heterocycles. The van der Waals surface area contributed by atoms with Gasteiger partial charge in [0.05, 0.1) is 37.1 Å². The predicted octanol–water partition coefficient (Wildman–Crippen LogP) is 1.29. The number of aliphatic hydroxyl groups excluding tert-OH is 4. The van der Waals surface area contributed by atoms with E-state index >= 15 is 0 Å². The minimum Gasteiger partial charge on any atom is -0.394 e. The maximum absolute atomic E-state index is 14.3. The number of allylic oxidation sites excluding steroid dienone is 1. The molecule has 3 saturated carbocycles. The van der Waals surface area contributed by atoms with Gasteiger partial charge in [-0.3, -0.25) is 9.59 Å². The Morgan fingerprint density at radius 1 is 0.957 bits per heavy atom. The smallest absolute Gasteiger partial charge is 0.184 e. The topological polar surface area (TPSA) is 170 Å². The Morgan fingerprint density at radius 2 is 1.70 bits per heavy atom. The van der Waals surface area contributed by atoms with Crippen molar-refractivity contribution in [1.82, 2.24) is 0 Å². The zero-order valence-electron chi connectivity index (χ0n) is 28.2. The Kier molecular flexibility index (Phi) is 8.84. The lowest BCUT2D eigenvalue weighted by atomic mass is 9.46. The molecule has 19 atom stereocenters. The first-order chi connectivity index (χ1) is 22.3. The van der Waals surface area contributed by atoms with Crippen molar-refractivity contribution in [3.63, 3.8) is 0 Å². The fourth-order valence-corrected chi connectivity index (χ4v) is 11.0. The van der Waals surface area contributed by atoms with Crippen molar-refractivity contribution >= 4 is 11.6 Å². The van der Waals surface area contributed by atoms with Crippen LogP contribution >= 0.6 is 0 Å². The van der Waals surface area contributed by atoms with E-state index in [1.165, 1.54) is 0 Å². The number of ether oxygens (including phenoxy) is 6. The average Bonchev–Trinajstić information content (AvgIpc) is 3.46. The second kappa shape index (κ2) is 12.2. The molecule has 3 heterocycles. The van der Waals surface area contributed by atoms with E-state index in [4.69, 9.17) is 28.4 Å². The van der Waals surface area contributed by atoms with Gasteiger partial charge in [0.25, 0.3) is 0 Å². The van der Waals surface area contributed by atoms with E-state index in [0.29, 0.717) is 32.1 Å². The molecule has 0 amide bonds. The first-order valence-electron chi connectivity index (χ1n) is 17.5. The second-order valence-electron chi connectivity index (χ2n) is 15.8. The van der Waals surface area contributed by atoms with E-state index in [9.17, 15) is 30.0 Å². The minimum absolute atomic E-state index is 0.0655. The minimum atomic E-state index is -1.12. The van der Waals surface area contributed by atoms with E-state index in [1.54, 1.807) is 14.0 Å². The molecular weight excluding hydrogens is 612 g/mol. The number of Topliss-reactive ketones (excluding diaryl/α,β-unsaturated/α-hetero) is 2. The molecule has 0 aromatic rings. The van der Waals surface area contributed by atoms with Crippen molar-refractivity contribution in [2.45, 2.75) is 140 Å². The van der Waals surface area contributed by atoms with Crippen LogP contribution < -0.4 is 0 Å². The van der Waals surface area contributed by atoms with Crippen LogP contribution in [0.2, 0.25) is 0 Å². The van der Waals surface area contributed by atoms with Crippen molar-refractivity contribution in [3.8, 4) is 0 Å². The van der Waals surface area contributed by atoms with Crippen molar-refractivity contribution < 1.29 is 58.4 Å². The number of aliphatic hydroxyl groups is 4. The summed E-state index contributed by atoms with van der Waals surface area (Å²) < 4.78 is 36.6. The average molecular weight is 665 g/mol. The zero-order chi connectivity index (χ0) is 33.7. The highest BCUT2D eigenvalue weighted by Crippen LogP contribution is 2.67. The lowest BCUT2D eigenvalue weighted by Gasteiger charge is -2.57. The van der Waals surface area contributed by atoms with E-state index < -0.39 is 96.8 Å². The maximum atomic E-state index is 14.3. The Bertz CT molecular complexity index is 1270. The van der Waals surface area contributed by atoms with Gasteiger partial charge in [-0.15, -0.1) is 0 Å². The van der Waals surface area contributed by atoms with Crippen molar-refractivity contribution in [1.29, 1.82) is 0 Å². The van der Waals surface area contributed by atoms with E-state index in [-0.39, 0.29) is 35.4 Å². The van der Waals surface area contributed by atoms with Gasteiger partial charge in [-0.1, -0.05) is 26.8 Å². The number of carbonyl (C=O) groups excluding carboxylic acids is 2. The highest BCUT2D eigenvalue weighted by atomic mass is 16.7. The molecule has 47 heavy (non-hydrogen) atoms. The Morgan fingerprint density at radius 3 is 2.40 bits per heavy atom. The van der Waals surface area contributed by atoms with Gasteiger partial charge in [0.15, 0.2) is 18.4 Å². The maximum Gasteiger partial charge on any atom is 0.184 e. The number of carbonyl (C=O) groups is 2. The summed E-state index contributed by atoms with van der Waals surface area (Å²) in [6, 6.07) is 0. The lowest BCUT2D eigenvalue weighted by Crippen LogP contribution is -2.62. The van der Waals surface area contributed by atoms with E-state index in [0.717, 1.165) is 5.57 Å². The van der Waals surface area contributed by atoms with Gasteiger partial charge in [-0.25, -0.2) is 0 Å². The van der Waals surface area contributed by atoms with Gasteiger partial charge in [0.2, 0.25) is 0 Å². The molecule has 0 aromatic carbocycles. The van der Waals surface area contributed by atoms with Crippen LogP contribution in [0.1, 0.15) is 66.7 Å². The summed E-state index contributed by atoms with van der Waals surface area (Å²) in [4.78, 5) is 27.7. The molecule has 0 spiro atoms. The largest absolute Gasteiger partial charge is 0.394 e. The number of rotatable bonds is 6. The number of fused-ring (bicyclic) bond motifs is 4. The predicted molar refractivity (Wildman–Crippen MR) is 164 cm³/mol. The molecule has 7 rings (SSSR count). The summed E-state index contributed by atoms with van der Waals surface area (Å²) in [6.07, 6.45) is -4.27. The molecule has 264 valence electrons. The third-order valence-corrected chi connectivity index (χ3v) is 13.5. The van der Waals surface area contributed by atoms with Crippen molar-refractivity contribution in [3.05, 3.63) is 11.6 Å². The number of ketones is 2. The summed E-state index contributed by atoms with van der Waals surface area (Å²) >= 11 is 0. The Labute approximate surface area is 276 Å². The normalized spacial score (nSPS) is 55.7. The SMILES string of the molecule is COC1CC(OC2CCC3(C)C(=CCC4C3C(=O)C3OC(C)C5CC(=O)C4C35C)C2O)OC(C)C1OC1OC(CO)C(O)C(C)C1O. The van der Waals surface area contributed by atoms with Gasteiger partial charge in [-0.05, 0) is 44.6 Å². The molecule has 0 radical (unpaired) electrons. The Hall–Kier alpha value is -1.32. The Balaban J connectivity index is 1.04. The van der Waals surface area contributed by atoms with E-state index in [2.05, 4.69) is 19.9 Å². The molecule has 7 aliphatic rings. The monoisotopic (exact) mass is 664 g/mol. The van der Waals surface area contributed by atoms with Crippen LogP contribution in [0.5, 0.6) is 0 Å². The lowest BCUT2D eigenvalue weighted by molar-refractivity contribution is -0.340. The molecule has 0 bridgehead atoms. The van der Waals surface area contributed by atoms with Crippen LogP contribution in [0.3, 0.4) is 0 Å². The molecular formula is C35H52O12. The third-order valence-electron chi connectivity index (χ3n) is 13.5. The van der Waals surface area contributed by atoms with Gasteiger partial charge in [-0.2, -0.15) is 0 Å². The van der Waals surface area contributed by atoms with Crippen molar-refractivity contribution in [2.24, 2.45) is 40.4 Å². The van der Waals surface area contributed by atoms with Gasteiger partial charge >= 0.3 is 0 Å². The number of hydrogen-bond acceptors (Lipinski definition) is 12. The first-order valence-corrected chi connectivity index (χ1v) is 17.5. The highest BCUT2D eigenvalue weighted by molar-refractivity contribution is 5.96. The summed E-state index contributed by atoms with van der Waals surface area (Å²) in [7, 11) is 1.56. The molecule has 4 N–H and O–H groups in total. The number of hydrogen-bond donors (Lipinski definition) is 4. The number of methoxy groups -OCH3 is 1. The molecule has 0 aromatic heterocycles. The van der Waals surface area contributed by atoms with Crippen LogP contribution in [0.4, 0.5) is 0 Å². The quantitative estimate of drug-likeness (QED) is 0.301. The van der Waals surface area contributed by atoms with Crippen LogP contribution in [-0.2, 0) is 38.0 Å². The highest BCUT2D eigenvalue weighted by Gasteiger charge is 2.73. The van der Waals surface area contributed by atoms with Crippen LogP contribution in [0.15, 0.2) is 11.6 Å². The molecule has 19 unspecified atom stereocenters. The van der Waals surface area contributed by atoms with Gasteiger partial charge in [0.1, 0.15) is 36.3 Å². The second-order valence-corrected chi connectivity index (χ2v) is 15.8. The molecule has 3 aliphatic heterocycles. The molecule has 12 heteroatoms.